The van der Waals surface area contributed by atoms with Crippen molar-refractivity contribution in [1.29, 1.82) is 0 Å². The first kappa shape index (κ1) is 19.0. The molecule has 0 bridgehead atoms. The van der Waals surface area contributed by atoms with E-state index in [0.29, 0.717) is 19.5 Å². The molecule has 0 spiro atoms. The molecule has 8 nitrogen and oxygen atoms in total. The minimum absolute atomic E-state index is 0.0139. The number of carbonyl (C=O) groups excluding carboxylic acids is 1. The van der Waals surface area contributed by atoms with Gasteiger partial charge in [-0.3, -0.25) is 4.68 Å². The molecule has 3 rings (SSSR count). The van der Waals surface area contributed by atoms with E-state index in [0.717, 1.165) is 30.2 Å². The number of nitrogens with zero attached hydrogens (tertiary/aromatic N) is 4. The zero-order chi connectivity index (χ0) is 19.1. The first-order valence-electron chi connectivity index (χ1n) is 9.24. The number of rotatable bonds is 3. The summed E-state index contributed by atoms with van der Waals surface area (Å²) in [5.41, 5.74) is 3.02. The highest BCUT2D eigenvalue weighted by Gasteiger charge is 2.33. The summed E-state index contributed by atoms with van der Waals surface area (Å²) in [5, 5.41) is 7.58. The zero-order valence-corrected chi connectivity index (χ0v) is 16.8. The molecule has 1 aromatic rings. The van der Waals surface area contributed by atoms with E-state index in [1.807, 2.05) is 37.3 Å². The Labute approximate surface area is 155 Å². The second-order valence-corrected chi connectivity index (χ2v) is 9.83. The van der Waals surface area contributed by atoms with E-state index >= 15 is 0 Å². The van der Waals surface area contributed by atoms with Crippen LogP contribution in [0.4, 0.5) is 10.5 Å². The van der Waals surface area contributed by atoms with Gasteiger partial charge in [-0.25, -0.2) is 13.2 Å². The molecule has 2 saturated heterocycles. The molecule has 2 aliphatic heterocycles. The van der Waals surface area contributed by atoms with Crippen molar-refractivity contribution in [3.8, 4) is 0 Å². The van der Waals surface area contributed by atoms with Crippen LogP contribution < -0.4 is 10.2 Å². The molecule has 146 valence electrons. The molecule has 2 amide bonds. The van der Waals surface area contributed by atoms with Gasteiger partial charge in [0.2, 0.25) is 0 Å². The molecule has 2 aliphatic rings. The van der Waals surface area contributed by atoms with E-state index < -0.39 is 9.84 Å². The highest BCUT2D eigenvalue weighted by atomic mass is 32.2. The van der Waals surface area contributed by atoms with Gasteiger partial charge in [0.15, 0.2) is 9.84 Å². The van der Waals surface area contributed by atoms with Gasteiger partial charge in [0.05, 0.1) is 34.6 Å². The van der Waals surface area contributed by atoms with Crippen LogP contribution in [0.2, 0.25) is 0 Å². The van der Waals surface area contributed by atoms with E-state index in [1.165, 1.54) is 0 Å². The molecule has 1 N–H and O–H groups in total. The van der Waals surface area contributed by atoms with Crippen LogP contribution in [0.3, 0.4) is 0 Å². The van der Waals surface area contributed by atoms with E-state index in [9.17, 15) is 13.2 Å². The summed E-state index contributed by atoms with van der Waals surface area (Å²) in [6.07, 6.45) is 0.632. The first-order valence-corrected chi connectivity index (χ1v) is 11.1. The Morgan fingerprint density at radius 1 is 1.19 bits per heavy atom. The molecular formula is C17H29N5O3S. The van der Waals surface area contributed by atoms with Crippen LogP contribution >= 0.6 is 0 Å². The van der Waals surface area contributed by atoms with Gasteiger partial charge in [-0.05, 0) is 34.1 Å². The van der Waals surface area contributed by atoms with Crippen LogP contribution in [0, 0.1) is 13.8 Å². The number of aromatic nitrogens is 2. The average Bonchev–Trinajstić information content (AvgIpc) is 3.06. The molecule has 0 aromatic carbocycles. The number of anilines is 1. The van der Waals surface area contributed by atoms with Crippen LogP contribution in [-0.4, -0.2) is 72.9 Å². The molecule has 1 atom stereocenters. The lowest BCUT2D eigenvalue weighted by molar-refractivity contribution is 0.192. The highest BCUT2D eigenvalue weighted by Crippen LogP contribution is 2.31. The number of carbonyl (C=O) groups is 1. The quantitative estimate of drug-likeness (QED) is 0.844. The first-order chi connectivity index (χ1) is 12.2. The summed E-state index contributed by atoms with van der Waals surface area (Å²) >= 11 is 0. The number of piperazine rings is 1. The Kier molecular flexibility index (Phi) is 5.18. The summed E-state index contributed by atoms with van der Waals surface area (Å²) in [7, 11) is -2.94. The van der Waals surface area contributed by atoms with Crippen molar-refractivity contribution in [2.75, 3.05) is 42.6 Å². The third-order valence-corrected chi connectivity index (χ3v) is 6.89. The Balaban J connectivity index is 1.70. The molecule has 1 unspecified atom stereocenters. The van der Waals surface area contributed by atoms with Crippen molar-refractivity contribution in [3.05, 3.63) is 11.4 Å². The van der Waals surface area contributed by atoms with E-state index in [-0.39, 0.29) is 29.6 Å². The summed E-state index contributed by atoms with van der Waals surface area (Å²) in [6.45, 7) is 10.7. The predicted octanol–water partition coefficient (Wildman–Crippen LogP) is 1.10. The highest BCUT2D eigenvalue weighted by molar-refractivity contribution is 7.91. The molecule has 3 heterocycles. The van der Waals surface area contributed by atoms with Gasteiger partial charge in [-0.1, -0.05) is 0 Å². The second-order valence-electron chi connectivity index (χ2n) is 7.60. The van der Waals surface area contributed by atoms with Crippen LogP contribution in [-0.2, 0) is 9.84 Å². The lowest BCUT2D eigenvalue weighted by atomic mass is 10.2. The van der Waals surface area contributed by atoms with Gasteiger partial charge in [0, 0.05) is 32.2 Å². The average molecular weight is 384 g/mol. The SMILES string of the molecule is Cc1nn(C2CCS(=O)(=O)C2)c(C)c1N1CCN(C(=O)NC(C)C)CC1. The summed E-state index contributed by atoms with van der Waals surface area (Å²) in [5.74, 6) is 0.423. The van der Waals surface area contributed by atoms with Gasteiger partial charge in [0.25, 0.3) is 0 Å². The maximum Gasteiger partial charge on any atom is 0.317 e. The molecule has 0 aliphatic carbocycles. The zero-order valence-electron chi connectivity index (χ0n) is 16.0. The van der Waals surface area contributed by atoms with Crippen molar-refractivity contribution in [1.82, 2.24) is 20.0 Å². The number of hydrogen-bond acceptors (Lipinski definition) is 5. The topological polar surface area (TPSA) is 87.5 Å². The van der Waals surface area contributed by atoms with Crippen LogP contribution in [0.15, 0.2) is 0 Å². The van der Waals surface area contributed by atoms with Gasteiger partial charge in [0.1, 0.15) is 0 Å². The Morgan fingerprint density at radius 3 is 2.38 bits per heavy atom. The predicted molar refractivity (Wildman–Crippen MR) is 101 cm³/mol. The number of nitrogens with one attached hydrogen (secondary N) is 1. The standard InChI is InChI=1S/C17H29N5O3S/c1-12(2)18-17(23)21-8-6-20(7-9-21)16-13(3)19-22(14(16)4)15-5-10-26(24,25)11-15/h12,15H,5-11H2,1-4H3,(H,18,23). The maximum atomic E-state index is 12.1. The van der Waals surface area contributed by atoms with E-state index in [1.54, 1.807) is 0 Å². The third-order valence-electron chi connectivity index (χ3n) is 5.14. The van der Waals surface area contributed by atoms with Gasteiger partial charge < -0.3 is 15.1 Å². The number of aryl methyl sites for hydroxylation is 1. The molecule has 1 aromatic heterocycles. The van der Waals surface area contributed by atoms with Crippen molar-refractivity contribution >= 4 is 21.6 Å². The third kappa shape index (κ3) is 3.82. The molecule has 26 heavy (non-hydrogen) atoms. The van der Waals surface area contributed by atoms with Crippen LogP contribution in [0.5, 0.6) is 0 Å². The normalized spacial score (nSPS) is 22.9. The smallest absolute Gasteiger partial charge is 0.317 e. The number of amides is 2. The van der Waals surface area contributed by atoms with Crippen molar-refractivity contribution in [2.24, 2.45) is 0 Å². The summed E-state index contributed by atoms with van der Waals surface area (Å²) in [4.78, 5) is 16.3. The van der Waals surface area contributed by atoms with Crippen molar-refractivity contribution < 1.29 is 13.2 Å². The molecule has 2 fully saturated rings. The number of sulfone groups is 1. The fourth-order valence-electron chi connectivity index (χ4n) is 3.91. The minimum Gasteiger partial charge on any atom is -0.365 e. The van der Waals surface area contributed by atoms with Crippen molar-refractivity contribution in [2.45, 2.75) is 46.2 Å². The van der Waals surface area contributed by atoms with E-state index in [2.05, 4.69) is 15.3 Å². The van der Waals surface area contributed by atoms with Gasteiger partial charge in [-0.15, -0.1) is 0 Å². The van der Waals surface area contributed by atoms with Crippen LogP contribution in [0.1, 0.15) is 37.7 Å². The van der Waals surface area contributed by atoms with Gasteiger partial charge in [-0.2, -0.15) is 5.10 Å². The number of hydrogen-bond donors (Lipinski definition) is 1. The number of urea groups is 1. The monoisotopic (exact) mass is 383 g/mol. The lowest BCUT2D eigenvalue weighted by Crippen LogP contribution is -2.53. The Morgan fingerprint density at radius 2 is 1.85 bits per heavy atom. The summed E-state index contributed by atoms with van der Waals surface area (Å²) in [6, 6.07) is 0.0523. The second kappa shape index (κ2) is 7.09. The largest absolute Gasteiger partial charge is 0.365 e. The Bertz CT molecular complexity index is 779. The minimum atomic E-state index is -2.94. The summed E-state index contributed by atoms with van der Waals surface area (Å²) < 4.78 is 25.5. The fraction of sp³-hybridized carbons (Fsp3) is 0.765. The molecule has 9 heteroatoms. The molecule has 0 radical (unpaired) electrons. The van der Waals surface area contributed by atoms with Crippen LogP contribution in [0.25, 0.3) is 0 Å². The fourth-order valence-corrected chi connectivity index (χ4v) is 5.60. The Hall–Kier alpha value is -1.77. The maximum absolute atomic E-state index is 12.1. The molecular weight excluding hydrogens is 354 g/mol. The molecule has 0 saturated carbocycles. The van der Waals surface area contributed by atoms with E-state index in [4.69, 9.17) is 0 Å². The lowest BCUT2D eigenvalue weighted by Gasteiger charge is -2.36. The van der Waals surface area contributed by atoms with Gasteiger partial charge >= 0.3 is 6.03 Å². The van der Waals surface area contributed by atoms with Crippen molar-refractivity contribution in [3.63, 3.8) is 0 Å².